The largest absolute Gasteiger partial charge is 0.323 e. The molecule has 0 aliphatic carbocycles. The SMILES string of the molecule is Cn1ccc(Cc2cn(Cc3ccncc3)c(SCCCCCCCCc3ccc(Cl)cc3)nc2=O)cc1=O. The summed E-state index contributed by atoms with van der Waals surface area (Å²) >= 11 is 7.60. The number of aryl methyl sites for hydroxylation is 2. The highest BCUT2D eigenvalue weighted by atomic mass is 35.5. The van der Waals surface area contributed by atoms with Crippen molar-refractivity contribution in [3.05, 3.63) is 121 Å². The standard InChI is InChI=1S/C31H35ClN4O2S/c1-35-18-15-26(21-29(35)37)20-27-23-36(22-25-13-16-33-17-14-25)31(34-30(27)38)39-19-7-5-3-2-4-6-8-24-9-11-28(32)12-10-24/h9-18,21,23H,2-8,19-20,22H2,1H3. The average molecular weight is 563 g/mol. The predicted molar refractivity (Wildman–Crippen MR) is 160 cm³/mol. The third-order valence-electron chi connectivity index (χ3n) is 6.70. The first-order chi connectivity index (χ1) is 19.0. The molecule has 39 heavy (non-hydrogen) atoms. The lowest BCUT2D eigenvalue weighted by Gasteiger charge is -2.14. The van der Waals surface area contributed by atoms with Crippen LogP contribution in [0.3, 0.4) is 0 Å². The molecule has 0 unspecified atom stereocenters. The number of benzene rings is 1. The number of nitrogens with zero attached hydrogens (tertiary/aromatic N) is 4. The Bertz CT molecular complexity index is 1450. The molecule has 0 spiro atoms. The minimum absolute atomic E-state index is 0.0914. The Morgan fingerprint density at radius 2 is 1.56 bits per heavy atom. The van der Waals surface area contributed by atoms with Crippen molar-refractivity contribution in [1.29, 1.82) is 0 Å². The number of hydrogen-bond donors (Lipinski definition) is 0. The second-order valence-electron chi connectivity index (χ2n) is 9.84. The third kappa shape index (κ3) is 9.22. The first kappa shape index (κ1) is 28.8. The van der Waals surface area contributed by atoms with E-state index in [0.29, 0.717) is 18.5 Å². The minimum Gasteiger partial charge on any atom is -0.323 e. The Morgan fingerprint density at radius 3 is 2.31 bits per heavy atom. The molecule has 0 aliphatic heterocycles. The van der Waals surface area contributed by atoms with Gasteiger partial charge >= 0.3 is 0 Å². The Labute approximate surface area is 239 Å². The van der Waals surface area contributed by atoms with Gasteiger partial charge in [-0.2, -0.15) is 4.98 Å². The van der Waals surface area contributed by atoms with Crippen LogP contribution in [0.2, 0.25) is 5.02 Å². The maximum absolute atomic E-state index is 12.9. The van der Waals surface area contributed by atoms with Crippen LogP contribution in [-0.4, -0.2) is 24.9 Å². The van der Waals surface area contributed by atoms with E-state index in [1.54, 1.807) is 43.5 Å². The Balaban J connectivity index is 1.30. The maximum atomic E-state index is 12.9. The summed E-state index contributed by atoms with van der Waals surface area (Å²) in [5.41, 5.74) is 3.51. The normalized spacial score (nSPS) is 11.1. The van der Waals surface area contributed by atoms with Crippen LogP contribution in [-0.2, 0) is 26.4 Å². The highest BCUT2D eigenvalue weighted by Gasteiger charge is 2.11. The van der Waals surface area contributed by atoms with E-state index in [2.05, 4.69) is 26.7 Å². The second-order valence-corrected chi connectivity index (χ2v) is 11.3. The van der Waals surface area contributed by atoms with Crippen LogP contribution < -0.4 is 11.1 Å². The molecule has 0 saturated heterocycles. The Kier molecular flexibility index (Phi) is 11.0. The van der Waals surface area contributed by atoms with Gasteiger partial charge in [0.15, 0.2) is 5.16 Å². The molecule has 0 saturated carbocycles. The molecule has 4 aromatic rings. The molecule has 0 fully saturated rings. The van der Waals surface area contributed by atoms with Gasteiger partial charge < -0.3 is 9.13 Å². The van der Waals surface area contributed by atoms with E-state index in [4.69, 9.17) is 11.6 Å². The molecule has 3 aromatic heterocycles. The fraction of sp³-hybridized carbons (Fsp3) is 0.355. The van der Waals surface area contributed by atoms with Crippen molar-refractivity contribution in [1.82, 2.24) is 19.1 Å². The summed E-state index contributed by atoms with van der Waals surface area (Å²) in [6, 6.07) is 15.5. The van der Waals surface area contributed by atoms with Crippen molar-refractivity contribution in [2.24, 2.45) is 7.05 Å². The van der Waals surface area contributed by atoms with Crippen LogP contribution in [0.5, 0.6) is 0 Å². The van der Waals surface area contributed by atoms with Crippen LogP contribution in [0.25, 0.3) is 0 Å². The number of aromatic nitrogens is 4. The summed E-state index contributed by atoms with van der Waals surface area (Å²) < 4.78 is 3.57. The summed E-state index contributed by atoms with van der Waals surface area (Å²) in [5.74, 6) is 0.918. The number of hydrogen-bond acceptors (Lipinski definition) is 5. The first-order valence-electron chi connectivity index (χ1n) is 13.5. The van der Waals surface area contributed by atoms with Crippen molar-refractivity contribution < 1.29 is 0 Å². The van der Waals surface area contributed by atoms with E-state index in [1.807, 2.05) is 36.5 Å². The first-order valence-corrected chi connectivity index (χ1v) is 14.9. The minimum atomic E-state index is -0.232. The van der Waals surface area contributed by atoms with Crippen molar-refractivity contribution in [2.45, 2.75) is 63.1 Å². The lowest BCUT2D eigenvalue weighted by Crippen LogP contribution is -2.21. The van der Waals surface area contributed by atoms with E-state index in [1.165, 1.54) is 42.2 Å². The van der Waals surface area contributed by atoms with Crippen molar-refractivity contribution in [3.8, 4) is 0 Å². The van der Waals surface area contributed by atoms with E-state index in [9.17, 15) is 9.59 Å². The molecule has 1 aromatic carbocycles. The molecule has 4 rings (SSSR count). The molecule has 0 aliphatic rings. The lowest BCUT2D eigenvalue weighted by molar-refractivity contribution is 0.608. The van der Waals surface area contributed by atoms with Gasteiger partial charge in [-0.3, -0.25) is 14.6 Å². The molecule has 0 bridgehead atoms. The fourth-order valence-electron chi connectivity index (χ4n) is 4.43. The predicted octanol–water partition coefficient (Wildman–Crippen LogP) is 6.30. The fourth-order valence-corrected chi connectivity index (χ4v) is 5.52. The van der Waals surface area contributed by atoms with Crippen LogP contribution in [0.1, 0.15) is 60.8 Å². The molecular formula is C31H35ClN4O2S. The van der Waals surface area contributed by atoms with E-state index in [0.717, 1.165) is 39.9 Å². The van der Waals surface area contributed by atoms with Crippen LogP contribution in [0.15, 0.2) is 88.1 Å². The van der Waals surface area contributed by atoms with Gasteiger partial charge in [0, 0.05) is 67.2 Å². The monoisotopic (exact) mass is 562 g/mol. The number of rotatable bonds is 14. The van der Waals surface area contributed by atoms with Crippen LogP contribution >= 0.6 is 23.4 Å². The molecule has 204 valence electrons. The number of pyridine rings is 2. The van der Waals surface area contributed by atoms with Crippen molar-refractivity contribution in [3.63, 3.8) is 0 Å². The summed E-state index contributed by atoms with van der Waals surface area (Å²) in [6.07, 6.45) is 15.8. The zero-order chi connectivity index (χ0) is 27.5. The van der Waals surface area contributed by atoms with Gasteiger partial charge in [0.1, 0.15) is 0 Å². The summed E-state index contributed by atoms with van der Waals surface area (Å²) in [7, 11) is 1.71. The van der Waals surface area contributed by atoms with E-state index < -0.39 is 0 Å². The van der Waals surface area contributed by atoms with Crippen molar-refractivity contribution in [2.75, 3.05) is 5.75 Å². The average Bonchev–Trinajstić information content (AvgIpc) is 2.93. The maximum Gasteiger partial charge on any atom is 0.277 e. The van der Waals surface area contributed by atoms with E-state index >= 15 is 0 Å². The molecule has 8 heteroatoms. The molecule has 6 nitrogen and oxygen atoms in total. The van der Waals surface area contributed by atoms with Gasteiger partial charge in [-0.05, 0) is 66.3 Å². The summed E-state index contributed by atoms with van der Waals surface area (Å²) in [4.78, 5) is 33.5. The smallest absolute Gasteiger partial charge is 0.277 e. The zero-order valence-electron chi connectivity index (χ0n) is 22.4. The number of thioether (sulfide) groups is 1. The molecule has 3 heterocycles. The van der Waals surface area contributed by atoms with Crippen LogP contribution in [0, 0.1) is 0 Å². The van der Waals surface area contributed by atoms with Crippen molar-refractivity contribution >= 4 is 23.4 Å². The van der Waals surface area contributed by atoms with Gasteiger partial charge in [-0.15, -0.1) is 0 Å². The zero-order valence-corrected chi connectivity index (χ0v) is 24.0. The highest BCUT2D eigenvalue weighted by molar-refractivity contribution is 7.99. The van der Waals surface area contributed by atoms with Gasteiger partial charge in [0.2, 0.25) is 0 Å². The van der Waals surface area contributed by atoms with Gasteiger partial charge in [-0.1, -0.05) is 61.2 Å². The lowest BCUT2D eigenvalue weighted by atomic mass is 10.1. The topological polar surface area (TPSA) is 69.8 Å². The third-order valence-corrected chi connectivity index (χ3v) is 8.03. The molecule has 0 radical (unpaired) electrons. The van der Waals surface area contributed by atoms with E-state index in [-0.39, 0.29) is 11.1 Å². The highest BCUT2D eigenvalue weighted by Crippen LogP contribution is 2.20. The number of unbranched alkanes of at least 4 members (excludes halogenated alkanes) is 5. The van der Waals surface area contributed by atoms with Gasteiger partial charge in [0.05, 0.1) is 0 Å². The molecule has 0 amide bonds. The second kappa shape index (κ2) is 14.8. The van der Waals surface area contributed by atoms with Gasteiger partial charge in [-0.25, -0.2) is 0 Å². The molecule has 0 atom stereocenters. The Hall–Kier alpha value is -3.16. The summed E-state index contributed by atoms with van der Waals surface area (Å²) in [6.45, 7) is 0.606. The number of halogens is 1. The van der Waals surface area contributed by atoms with Gasteiger partial charge in [0.25, 0.3) is 11.1 Å². The quantitative estimate of drug-likeness (QED) is 0.102. The van der Waals surface area contributed by atoms with Crippen LogP contribution in [0.4, 0.5) is 0 Å². The molecule has 0 N–H and O–H groups in total. The molecular weight excluding hydrogens is 528 g/mol. The summed E-state index contributed by atoms with van der Waals surface area (Å²) in [5, 5.41) is 1.52. The Morgan fingerprint density at radius 1 is 0.846 bits per heavy atom.